The number of methoxy groups -OCH3 is 1. The predicted octanol–water partition coefficient (Wildman–Crippen LogP) is 1.63. The first kappa shape index (κ1) is 13.5. The molecule has 1 aliphatic rings. The van der Waals surface area contributed by atoms with Gasteiger partial charge in [-0.1, -0.05) is 6.08 Å². The second kappa shape index (κ2) is 4.39. The van der Waals surface area contributed by atoms with Crippen molar-refractivity contribution in [3.63, 3.8) is 0 Å². The average molecular weight is 241 g/mol. The Bertz CT molecular complexity index is 345. The summed E-state index contributed by atoms with van der Waals surface area (Å²) in [5, 5.41) is 2.57. The van der Waals surface area contributed by atoms with Crippen LogP contribution in [0.2, 0.25) is 0 Å². The van der Waals surface area contributed by atoms with Gasteiger partial charge in [0.15, 0.2) is 0 Å². The summed E-state index contributed by atoms with van der Waals surface area (Å²) in [5.74, 6) is -0.560. The summed E-state index contributed by atoms with van der Waals surface area (Å²) in [5.41, 5.74) is -1.58. The first-order valence-corrected chi connectivity index (χ1v) is 5.47. The fourth-order valence-electron chi connectivity index (χ4n) is 1.67. The maximum absolute atomic E-state index is 11.6. The molecule has 5 nitrogen and oxygen atoms in total. The number of ether oxygens (including phenoxy) is 2. The Kier molecular flexibility index (Phi) is 3.50. The van der Waals surface area contributed by atoms with Crippen LogP contribution in [0.4, 0.5) is 4.79 Å². The molecule has 1 aliphatic carbocycles. The summed E-state index contributed by atoms with van der Waals surface area (Å²) >= 11 is 0. The van der Waals surface area contributed by atoms with Gasteiger partial charge in [0, 0.05) is 5.92 Å². The average Bonchev–Trinajstić information content (AvgIpc) is 2.88. The standard InChI is InChI=1S/C12H19NO4/c1-6-8-7-12(8,9(14)16-5)13-10(15)17-11(2,3)4/h6,8H,1,7H2,2-5H3,(H,13,15)/t8?,12-/m0/s1. The topological polar surface area (TPSA) is 64.6 Å². The lowest BCUT2D eigenvalue weighted by Crippen LogP contribution is -2.47. The van der Waals surface area contributed by atoms with Gasteiger partial charge in [-0.2, -0.15) is 0 Å². The zero-order valence-electron chi connectivity index (χ0n) is 10.7. The Hall–Kier alpha value is -1.52. The maximum atomic E-state index is 11.6. The SMILES string of the molecule is C=CC1C[C@@]1(NC(=O)OC(C)(C)C)C(=O)OC. The van der Waals surface area contributed by atoms with Gasteiger partial charge in [0.2, 0.25) is 0 Å². The van der Waals surface area contributed by atoms with Crippen molar-refractivity contribution in [3.8, 4) is 0 Å². The van der Waals surface area contributed by atoms with Crippen LogP contribution in [0.25, 0.3) is 0 Å². The molecule has 1 amide bonds. The van der Waals surface area contributed by atoms with E-state index in [1.807, 2.05) is 0 Å². The number of rotatable bonds is 3. The first-order valence-electron chi connectivity index (χ1n) is 5.47. The molecular weight excluding hydrogens is 222 g/mol. The van der Waals surface area contributed by atoms with E-state index in [9.17, 15) is 9.59 Å². The summed E-state index contributed by atoms with van der Waals surface area (Å²) in [7, 11) is 1.29. The first-order chi connectivity index (χ1) is 7.75. The normalized spacial score (nSPS) is 26.9. The molecular formula is C12H19NO4. The number of hydrogen-bond acceptors (Lipinski definition) is 4. The number of amides is 1. The molecule has 1 rings (SSSR count). The van der Waals surface area contributed by atoms with E-state index in [-0.39, 0.29) is 5.92 Å². The highest BCUT2D eigenvalue weighted by Crippen LogP contribution is 2.45. The van der Waals surface area contributed by atoms with Crippen LogP contribution < -0.4 is 5.32 Å². The molecule has 0 radical (unpaired) electrons. The third kappa shape index (κ3) is 2.99. The molecule has 96 valence electrons. The number of carbonyl (C=O) groups excluding carboxylic acids is 2. The van der Waals surface area contributed by atoms with Crippen LogP contribution in [0.5, 0.6) is 0 Å². The van der Waals surface area contributed by atoms with Crippen molar-refractivity contribution in [2.75, 3.05) is 7.11 Å². The van der Waals surface area contributed by atoms with Crippen LogP contribution in [0.1, 0.15) is 27.2 Å². The minimum absolute atomic E-state index is 0.0949. The van der Waals surface area contributed by atoms with Gasteiger partial charge in [0.05, 0.1) is 7.11 Å². The monoisotopic (exact) mass is 241 g/mol. The Morgan fingerprint density at radius 2 is 2.06 bits per heavy atom. The Balaban J connectivity index is 2.68. The molecule has 0 aliphatic heterocycles. The van der Waals surface area contributed by atoms with Crippen molar-refractivity contribution < 1.29 is 19.1 Å². The van der Waals surface area contributed by atoms with E-state index in [2.05, 4.69) is 16.6 Å². The molecule has 0 aromatic carbocycles. The van der Waals surface area contributed by atoms with Crippen molar-refractivity contribution in [1.29, 1.82) is 0 Å². The number of nitrogens with one attached hydrogen (secondary N) is 1. The number of carbonyl (C=O) groups is 2. The fourth-order valence-corrected chi connectivity index (χ4v) is 1.67. The third-order valence-electron chi connectivity index (χ3n) is 2.57. The molecule has 17 heavy (non-hydrogen) atoms. The molecule has 1 saturated carbocycles. The largest absolute Gasteiger partial charge is 0.467 e. The van der Waals surface area contributed by atoms with Crippen LogP contribution in [0.15, 0.2) is 12.7 Å². The maximum Gasteiger partial charge on any atom is 0.408 e. The number of esters is 1. The summed E-state index contributed by atoms with van der Waals surface area (Å²) < 4.78 is 9.79. The summed E-state index contributed by atoms with van der Waals surface area (Å²) in [6, 6.07) is 0. The molecule has 0 spiro atoms. The van der Waals surface area contributed by atoms with Crippen molar-refractivity contribution >= 4 is 12.1 Å². The van der Waals surface area contributed by atoms with Crippen LogP contribution in [-0.2, 0) is 14.3 Å². The highest BCUT2D eigenvalue weighted by Gasteiger charge is 2.61. The Morgan fingerprint density at radius 1 is 1.47 bits per heavy atom. The van der Waals surface area contributed by atoms with E-state index >= 15 is 0 Å². The molecule has 5 heteroatoms. The summed E-state index contributed by atoms with van der Waals surface area (Å²) in [6.07, 6.45) is 1.52. The third-order valence-corrected chi connectivity index (χ3v) is 2.57. The molecule has 0 bridgehead atoms. The zero-order chi connectivity index (χ0) is 13.3. The van der Waals surface area contributed by atoms with Gasteiger partial charge in [0.1, 0.15) is 11.1 Å². The molecule has 1 fully saturated rings. The number of hydrogen-bond donors (Lipinski definition) is 1. The molecule has 0 aromatic rings. The fraction of sp³-hybridized carbons (Fsp3) is 0.667. The highest BCUT2D eigenvalue weighted by molar-refractivity contribution is 5.90. The van der Waals surface area contributed by atoms with Crippen LogP contribution in [0, 0.1) is 5.92 Å². The Labute approximate surface area is 101 Å². The smallest absolute Gasteiger partial charge is 0.408 e. The van der Waals surface area contributed by atoms with Crippen molar-refractivity contribution in [1.82, 2.24) is 5.32 Å². The van der Waals surface area contributed by atoms with Crippen molar-refractivity contribution in [3.05, 3.63) is 12.7 Å². The van der Waals surface area contributed by atoms with E-state index in [1.165, 1.54) is 7.11 Å². The van der Waals surface area contributed by atoms with E-state index in [0.29, 0.717) is 6.42 Å². The Morgan fingerprint density at radius 3 is 2.41 bits per heavy atom. The van der Waals surface area contributed by atoms with Crippen LogP contribution in [-0.4, -0.2) is 30.3 Å². The van der Waals surface area contributed by atoms with Gasteiger partial charge in [0.25, 0.3) is 0 Å². The molecule has 1 unspecified atom stereocenters. The van der Waals surface area contributed by atoms with Gasteiger partial charge in [-0.25, -0.2) is 9.59 Å². The van der Waals surface area contributed by atoms with Gasteiger partial charge >= 0.3 is 12.1 Å². The lowest BCUT2D eigenvalue weighted by atomic mass is 10.2. The quantitative estimate of drug-likeness (QED) is 0.602. The van der Waals surface area contributed by atoms with Gasteiger partial charge in [-0.05, 0) is 27.2 Å². The summed E-state index contributed by atoms with van der Waals surface area (Å²) in [4.78, 5) is 23.2. The number of alkyl carbamates (subject to hydrolysis) is 1. The van der Waals surface area contributed by atoms with E-state index in [1.54, 1.807) is 26.8 Å². The lowest BCUT2D eigenvalue weighted by Gasteiger charge is -2.22. The zero-order valence-corrected chi connectivity index (χ0v) is 10.7. The highest BCUT2D eigenvalue weighted by atomic mass is 16.6. The molecule has 0 heterocycles. The van der Waals surface area contributed by atoms with Crippen molar-refractivity contribution in [2.24, 2.45) is 5.92 Å². The van der Waals surface area contributed by atoms with Crippen LogP contribution in [0.3, 0.4) is 0 Å². The van der Waals surface area contributed by atoms with E-state index < -0.39 is 23.2 Å². The second-order valence-corrected chi connectivity index (χ2v) is 5.14. The molecule has 0 aromatic heterocycles. The minimum atomic E-state index is -0.987. The van der Waals surface area contributed by atoms with E-state index in [4.69, 9.17) is 4.74 Å². The lowest BCUT2D eigenvalue weighted by molar-refractivity contribution is -0.144. The predicted molar refractivity (Wildman–Crippen MR) is 62.4 cm³/mol. The van der Waals surface area contributed by atoms with Gasteiger partial charge < -0.3 is 14.8 Å². The summed E-state index contributed by atoms with van der Waals surface area (Å²) in [6.45, 7) is 8.89. The van der Waals surface area contributed by atoms with E-state index in [0.717, 1.165) is 0 Å². The van der Waals surface area contributed by atoms with Gasteiger partial charge in [-0.3, -0.25) is 0 Å². The molecule has 1 N–H and O–H groups in total. The van der Waals surface area contributed by atoms with Gasteiger partial charge in [-0.15, -0.1) is 6.58 Å². The second-order valence-electron chi connectivity index (χ2n) is 5.14. The molecule has 0 saturated heterocycles. The molecule has 2 atom stereocenters. The minimum Gasteiger partial charge on any atom is -0.467 e. The van der Waals surface area contributed by atoms with Crippen molar-refractivity contribution in [2.45, 2.75) is 38.3 Å². The van der Waals surface area contributed by atoms with Crippen LogP contribution >= 0.6 is 0 Å².